The Morgan fingerprint density at radius 3 is 3.00 bits per heavy atom. The highest BCUT2D eigenvalue weighted by molar-refractivity contribution is 5.79. The van der Waals surface area contributed by atoms with Crippen LogP contribution in [0.1, 0.15) is 29.9 Å². The Morgan fingerprint density at radius 1 is 1.44 bits per heavy atom. The molecule has 0 amide bonds. The Morgan fingerprint density at radius 2 is 2.25 bits per heavy atom. The second-order valence-corrected chi connectivity index (χ2v) is 3.91. The number of hydrogen-bond acceptors (Lipinski definition) is 3. The summed E-state index contributed by atoms with van der Waals surface area (Å²) in [6.07, 6.45) is 4.58. The van der Waals surface area contributed by atoms with Crippen LogP contribution in [-0.2, 0) is 19.4 Å². The molecule has 2 rings (SSSR count). The van der Waals surface area contributed by atoms with E-state index in [2.05, 4.69) is 20.8 Å². The molecule has 0 unspecified atom stereocenters. The molecule has 1 aromatic heterocycles. The van der Waals surface area contributed by atoms with Crippen molar-refractivity contribution in [3.05, 3.63) is 17.0 Å². The van der Waals surface area contributed by atoms with Gasteiger partial charge in [0.25, 0.3) is 0 Å². The number of nitrogens with zero attached hydrogens (tertiary/aromatic N) is 2. The fraction of sp³-hybridized carbons (Fsp3) is 0.636. The molecular weight excluding hydrogens is 204 g/mol. The molecule has 1 aliphatic carbocycles. The average Bonchev–Trinajstić information content (AvgIpc) is 2.74. The topological polar surface area (TPSA) is 62.5 Å². The van der Waals surface area contributed by atoms with E-state index in [1.807, 2.05) is 7.05 Å². The summed E-state index contributed by atoms with van der Waals surface area (Å²) in [4.78, 5) is 4.05. The van der Waals surface area contributed by atoms with Gasteiger partial charge in [-0.2, -0.15) is 0 Å². The smallest absolute Gasteiger partial charge is 0.191 e. The molecule has 5 heteroatoms. The molecule has 1 aromatic rings. The van der Waals surface area contributed by atoms with Crippen LogP contribution in [0.4, 0.5) is 0 Å². The predicted molar refractivity (Wildman–Crippen MR) is 62.4 cm³/mol. The minimum Gasteiger partial charge on any atom is -0.361 e. The van der Waals surface area contributed by atoms with Crippen LogP contribution in [-0.4, -0.2) is 25.2 Å². The molecule has 0 saturated heterocycles. The van der Waals surface area contributed by atoms with Crippen LogP contribution in [0, 0.1) is 0 Å². The van der Waals surface area contributed by atoms with Gasteiger partial charge in [0.1, 0.15) is 11.5 Å². The summed E-state index contributed by atoms with van der Waals surface area (Å²) in [7, 11) is 3.59. The zero-order valence-electron chi connectivity index (χ0n) is 9.84. The molecule has 1 aliphatic rings. The number of aromatic nitrogens is 1. The molecule has 0 aliphatic heterocycles. The number of guanidine groups is 1. The molecule has 0 fully saturated rings. The second-order valence-electron chi connectivity index (χ2n) is 3.91. The van der Waals surface area contributed by atoms with Crippen LogP contribution in [0.3, 0.4) is 0 Å². The van der Waals surface area contributed by atoms with Gasteiger partial charge in [0.2, 0.25) is 0 Å². The first-order valence-electron chi connectivity index (χ1n) is 5.70. The Kier molecular flexibility index (Phi) is 3.44. The fourth-order valence-electron chi connectivity index (χ4n) is 2.03. The first-order valence-corrected chi connectivity index (χ1v) is 5.70. The third kappa shape index (κ3) is 2.18. The summed E-state index contributed by atoms with van der Waals surface area (Å²) in [6.45, 7) is 0.673. The van der Waals surface area contributed by atoms with Gasteiger partial charge >= 0.3 is 0 Å². The maximum Gasteiger partial charge on any atom is 0.191 e. The number of aryl methyl sites for hydroxylation is 1. The maximum absolute atomic E-state index is 5.34. The number of nitrogens with one attached hydrogen (secondary N) is 2. The van der Waals surface area contributed by atoms with Gasteiger partial charge in [-0.25, -0.2) is 0 Å². The largest absolute Gasteiger partial charge is 0.361 e. The molecule has 0 spiro atoms. The van der Waals surface area contributed by atoms with Crippen molar-refractivity contribution in [2.45, 2.75) is 32.2 Å². The summed E-state index contributed by atoms with van der Waals surface area (Å²) in [5.74, 6) is 1.84. The Bertz CT molecular complexity index is 383. The molecule has 16 heavy (non-hydrogen) atoms. The van der Waals surface area contributed by atoms with E-state index in [0.717, 1.165) is 30.3 Å². The second kappa shape index (κ2) is 5.01. The number of rotatable bonds is 2. The van der Waals surface area contributed by atoms with Gasteiger partial charge in [0.15, 0.2) is 5.96 Å². The highest BCUT2D eigenvalue weighted by Gasteiger charge is 2.18. The summed E-state index contributed by atoms with van der Waals surface area (Å²) in [6, 6.07) is 0. The van der Waals surface area contributed by atoms with Crippen LogP contribution in [0.25, 0.3) is 0 Å². The van der Waals surface area contributed by atoms with E-state index in [9.17, 15) is 0 Å². The zero-order valence-corrected chi connectivity index (χ0v) is 9.84. The summed E-state index contributed by atoms with van der Waals surface area (Å²) in [5, 5.41) is 10.3. The first-order chi connectivity index (χ1) is 7.85. The molecular formula is C11H18N4O. The number of hydrogen-bond donors (Lipinski definition) is 2. The lowest BCUT2D eigenvalue weighted by atomic mass is 9.96. The third-order valence-electron chi connectivity index (χ3n) is 2.92. The minimum atomic E-state index is 0.673. The maximum atomic E-state index is 5.34. The fourth-order valence-corrected chi connectivity index (χ4v) is 2.03. The van der Waals surface area contributed by atoms with E-state index in [-0.39, 0.29) is 0 Å². The van der Waals surface area contributed by atoms with E-state index in [1.165, 1.54) is 18.4 Å². The van der Waals surface area contributed by atoms with Crippen LogP contribution < -0.4 is 10.6 Å². The van der Waals surface area contributed by atoms with Crippen LogP contribution in [0.2, 0.25) is 0 Å². The minimum absolute atomic E-state index is 0.673. The molecule has 88 valence electrons. The molecule has 0 aromatic carbocycles. The van der Waals surface area contributed by atoms with Gasteiger partial charge in [-0.3, -0.25) is 4.99 Å². The van der Waals surface area contributed by atoms with Crippen molar-refractivity contribution >= 4 is 5.96 Å². The highest BCUT2D eigenvalue weighted by atomic mass is 16.5. The summed E-state index contributed by atoms with van der Waals surface area (Å²) in [5.41, 5.74) is 2.32. The van der Waals surface area contributed by atoms with Crippen molar-refractivity contribution in [1.29, 1.82) is 0 Å². The van der Waals surface area contributed by atoms with Crippen molar-refractivity contribution in [2.24, 2.45) is 4.99 Å². The first kappa shape index (κ1) is 11.0. The highest BCUT2D eigenvalue weighted by Crippen LogP contribution is 2.23. The number of fused-ring (bicyclic) bond motifs is 1. The lowest BCUT2D eigenvalue weighted by Gasteiger charge is -2.10. The summed E-state index contributed by atoms with van der Waals surface area (Å²) >= 11 is 0. The van der Waals surface area contributed by atoms with E-state index >= 15 is 0 Å². The van der Waals surface area contributed by atoms with E-state index < -0.39 is 0 Å². The number of aliphatic imine (C=N–C) groups is 1. The van der Waals surface area contributed by atoms with E-state index in [4.69, 9.17) is 4.52 Å². The molecule has 0 atom stereocenters. The lowest BCUT2D eigenvalue weighted by molar-refractivity contribution is 0.367. The van der Waals surface area contributed by atoms with Gasteiger partial charge in [-0.15, -0.1) is 0 Å². The predicted octanol–water partition coefficient (Wildman–Crippen LogP) is 0.848. The Labute approximate surface area is 95.3 Å². The zero-order chi connectivity index (χ0) is 11.4. The van der Waals surface area contributed by atoms with Gasteiger partial charge in [0, 0.05) is 26.1 Å². The van der Waals surface area contributed by atoms with Crippen LogP contribution in [0.5, 0.6) is 0 Å². The standard InChI is InChI=1S/C11H18N4O/c1-12-11(13-2)14-7-9-8-5-3-4-6-10(8)16-15-9/h3-7H2,1-2H3,(H2,12,13,14). The molecule has 5 nitrogen and oxygen atoms in total. The monoisotopic (exact) mass is 222 g/mol. The average molecular weight is 222 g/mol. The van der Waals surface area contributed by atoms with Crippen molar-refractivity contribution in [3.8, 4) is 0 Å². The van der Waals surface area contributed by atoms with Crippen molar-refractivity contribution < 1.29 is 4.52 Å². The van der Waals surface area contributed by atoms with E-state index in [1.54, 1.807) is 7.05 Å². The molecule has 2 N–H and O–H groups in total. The normalized spacial score (nSPS) is 15.8. The van der Waals surface area contributed by atoms with Gasteiger partial charge in [-0.05, 0) is 19.3 Å². The van der Waals surface area contributed by atoms with Gasteiger partial charge in [-0.1, -0.05) is 5.16 Å². The molecule has 0 saturated carbocycles. The molecule has 0 radical (unpaired) electrons. The molecule has 1 heterocycles. The lowest BCUT2D eigenvalue weighted by Crippen LogP contribution is -2.34. The van der Waals surface area contributed by atoms with Gasteiger partial charge in [0.05, 0.1) is 6.54 Å². The molecule has 0 bridgehead atoms. The van der Waals surface area contributed by atoms with Crippen LogP contribution >= 0.6 is 0 Å². The van der Waals surface area contributed by atoms with Crippen molar-refractivity contribution in [3.63, 3.8) is 0 Å². The summed E-state index contributed by atoms with van der Waals surface area (Å²) < 4.78 is 5.34. The SMILES string of the molecule is CN=C(NC)NCc1noc2c1CCCC2. The van der Waals surface area contributed by atoms with E-state index in [0.29, 0.717) is 6.54 Å². The quantitative estimate of drug-likeness (QED) is 0.575. The van der Waals surface area contributed by atoms with Crippen LogP contribution in [0.15, 0.2) is 9.52 Å². The van der Waals surface area contributed by atoms with Gasteiger partial charge < -0.3 is 15.2 Å². The Balaban J connectivity index is 2.02. The van der Waals surface area contributed by atoms with Crippen molar-refractivity contribution in [2.75, 3.05) is 14.1 Å². The third-order valence-corrected chi connectivity index (χ3v) is 2.92. The Hall–Kier alpha value is -1.52. The van der Waals surface area contributed by atoms with Crippen molar-refractivity contribution in [1.82, 2.24) is 15.8 Å².